The molecule has 0 radical (unpaired) electrons. The quantitative estimate of drug-likeness (QED) is 0.470. The molecule has 1 aliphatic rings. The summed E-state index contributed by atoms with van der Waals surface area (Å²) < 4.78 is 2.05. The van der Waals surface area contributed by atoms with E-state index in [1.807, 2.05) is 12.3 Å². The van der Waals surface area contributed by atoms with Crippen LogP contribution in [0.3, 0.4) is 0 Å². The van der Waals surface area contributed by atoms with Crippen LogP contribution >= 0.6 is 23.4 Å². The Bertz CT molecular complexity index is 1080. The second-order valence-electron chi connectivity index (χ2n) is 6.90. The molecular formula is C21H19ClN2O3S. The zero-order valence-corrected chi connectivity index (χ0v) is 16.9. The third kappa shape index (κ3) is 3.20. The fourth-order valence-corrected chi connectivity index (χ4v) is 4.81. The van der Waals surface area contributed by atoms with Gasteiger partial charge >= 0.3 is 5.97 Å². The van der Waals surface area contributed by atoms with Crippen LogP contribution in [0.5, 0.6) is 0 Å². The molecule has 1 aromatic carbocycles. The number of nitrogens with zero attached hydrogens (tertiary/aromatic N) is 2. The number of fused-ring (bicyclic) bond motifs is 3. The molecule has 3 heterocycles. The van der Waals surface area contributed by atoms with Crippen molar-refractivity contribution in [1.29, 1.82) is 0 Å². The van der Waals surface area contributed by atoms with Gasteiger partial charge in [0.15, 0.2) is 5.78 Å². The number of ketones is 1. The highest BCUT2D eigenvalue weighted by Gasteiger charge is 2.33. The first-order valence-electron chi connectivity index (χ1n) is 9.08. The van der Waals surface area contributed by atoms with Gasteiger partial charge in [-0.15, -0.1) is 11.8 Å². The minimum atomic E-state index is -0.855. The lowest BCUT2D eigenvalue weighted by atomic mass is 9.88. The highest BCUT2D eigenvalue weighted by atomic mass is 35.5. The van der Waals surface area contributed by atoms with Crippen LogP contribution in [-0.2, 0) is 11.3 Å². The number of aromatic nitrogens is 2. The minimum Gasteiger partial charge on any atom is -0.481 e. The number of carboxylic acids is 1. The van der Waals surface area contributed by atoms with Gasteiger partial charge in [-0.3, -0.25) is 9.59 Å². The predicted molar refractivity (Wildman–Crippen MR) is 111 cm³/mol. The molecule has 1 N–H and O–H groups in total. The maximum Gasteiger partial charge on any atom is 0.304 e. The highest BCUT2D eigenvalue weighted by Crippen LogP contribution is 2.42. The molecule has 1 unspecified atom stereocenters. The fraction of sp³-hybridized carbons (Fsp3) is 0.286. The first kappa shape index (κ1) is 19.0. The molecule has 0 aliphatic carbocycles. The van der Waals surface area contributed by atoms with Gasteiger partial charge in [0.05, 0.1) is 12.0 Å². The summed E-state index contributed by atoms with van der Waals surface area (Å²) in [5, 5.41) is 10.8. The third-order valence-corrected chi connectivity index (χ3v) is 6.27. The van der Waals surface area contributed by atoms with Gasteiger partial charge in [0.1, 0.15) is 5.65 Å². The number of carbonyl (C=O) groups is 2. The smallest absolute Gasteiger partial charge is 0.304 e. The third-order valence-electron chi connectivity index (χ3n) is 5.24. The summed E-state index contributed by atoms with van der Waals surface area (Å²) in [6, 6.07) is 8.73. The van der Waals surface area contributed by atoms with E-state index in [0.29, 0.717) is 16.1 Å². The number of halogens is 1. The van der Waals surface area contributed by atoms with Crippen molar-refractivity contribution in [2.45, 2.75) is 36.6 Å². The SMILES string of the molecule is CSc1ccnc2c1c(C(=O)c1ccc(Cl)cc1)c1n2CCCC1CC(=O)O. The number of pyridine rings is 1. The van der Waals surface area contributed by atoms with E-state index < -0.39 is 5.97 Å². The topological polar surface area (TPSA) is 72.2 Å². The van der Waals surface area contributed by atoms with Crippen LogP contribution in [0.4, 0.5) is 0 Å². The minimum absolute atomic E-state index is 0.00577. The number of carboxylic acid groups (broad SMARTS) is 1. The summed E-state index contributed by atoms with van der Waals surface area (Å²) >= 11 is 7.55. The lowest BCUT2D eigenvalue weighted by Crippen LogP contribution is -2.20. The first-order chi connectivity index (χ1) is 13.5. The Morgan fingerprint density at radius 3 is 2.71 bits per heavy atom. The normalized spacial score (nSPS) is 16.1. The fourth-order valence-electron chi connectivity index (χ4n) is 4.09. The first-order valence-corrected chi connectivity index (χ1v) is 10.7. The van der Waals surface area contributed by atoms with Gasteiger partial charge in [-0.1, -0.05) is 11.6 Å². The molecule has 2 aromatic heterocycles. The number of benzene rings is 1. The Labute approximate surface area is 171 Å². The maximum absolute atomic E-state index is 13.6. The number of aryl methyl sites for hydroxylation is 1. The monoisotopic (exact) mass is 414 g/mol. The molecule has 0 spiro atoms. The molecule has 0 saturated heterocycles. The van der Waals surface area contributed by atoms with Crippen LogP contribution in [0, 0.1) is 0 Å². The molecule has 4 rings (SSSR count). The number of aliphatic carboxylic acids is 1. The Kier molecular flexibility index (Phi) is 5.17. The van der Waals surface area contributed by atoms with Crippen LogP contribution in [0.15, 0.2) is 41.4 Å². The van der Waals surface area contributed by atoms with Gasteiger partial charge in [-0.2, -0.15) is 0 Å². The number of hydrogen-bond acceptors (Lipinski definition) is 4. The zero-order chi connectivity index (χ0) is 19.8. The maximum atomic E-state index is 13.6. The molecule has 28 heavy (non-hydrogen) atoms. The van der Waals surface area contributed by atoms with E-state index in [2.05, 4.69) is 9.55 Å². The summed E-state index contributed by atoms with van der Waals surface area (Å²) in [5.41, 5.74) is 2.68. The van der Waals surface area contributed by atoms with Crippen LogP contribution in [0.1, 0.15) is 46.8 Å². The number of rotatable bonds is 5. The summed E-state index contributed by atoms with van der Waals surface area (Å²) in [6.07, 6.45) is 5.34. The van der Waals surface area contributed by atoms with E-state index in [4.69, 9.17) is 11.6 Å². The van der Waals surface area contributed by atoms with Gasteiger partial charge in [0.2, 0.25) is 0 Å². The number of hydrogen-bond donors (Lipinski definition) is 1. The number of thioether (sulfide) groups is 1. The molecule has 0 fully saturated rings. The lowest BCUT2D eigenvalue weighted by Gasteiger charge is -2.25. The molecule has 5 nitrogen and oxygen atoms in total. The molecule has 3 aromatic rings. The van der Waals surface area contributed by atoms with Crippen molar-refractivity contribution >= 4 is 46.1 Å². The van der Waals surface area contributed by atoms with E-state index in [1.54, 1.807) is 42.2 Å². The standard InChI is InChI=1S/C21H19ClN2O3S/c1-28-15-8-9-23-21-17(15)18(20(27)12-4-6-14(22)7-5-12)19-13(11-16(25)26)3-2-10-24(19)21/h4-9,13H,2-3,10-11H2,1H3,(H,25,26). The summed E-state index contributed by atoms with van der Waals surface area (Å²) in [5.74, 6) is -1.18. The highest BCUT2D eigenvalue weighted by molar-refractivity contribution is 7.98. The van der Waals surface area contributed by atoms with Crippen molar-refractivity contribution in [1.82, 2.24) is 9.55 Å². The lowest BCUT2D eigenvalue weighted by molar-refractivity contribution is -0.137. The van der Waals surface area contributed by atoms with Crippen LogP contribution in [0.2, 0.25) is 5.02 Å². The summed E-state index contributed by atoms with van der Waals surface area (Å²) in [4.78, 5) is 30.6. The second-order valence-corrected chi connectivity index (χ2v) is 8.18. The predicted octanol–water partition coefficient (Wildman–Crippen LogP) is 4.99. The average molecular weight is 415 g/mol. The van der Waals surface area contributed by atoms with Crippen molar-refractivity contribution in [2.75, 3.05) is 6.26 Å². The Morgan fingerprint density at radius 2 is 2.04 bits per heavy atom. The van der Waals surface area contributed by atoms with E-state index >= 15 is 0 Å². The van der Waals surface area contributed by atoms with E-state index in [-0.39, 0.29) is 18.1 Å². The Balaban J connectivity index is 2.01. The van der Waals surface area contributed by atoms with E-state index in [9.17, 15) is 14.7 Å². The summed E-state index contributed by atoms with van der Waals surface area (Å²) in [6.45, 7) is 0.737. The van der Waals surface area contributed by atoms with Gasteiger partial charge in [0.25, 0.3) is 0 Å². The largest absolute Gasteiger partial charge is 0.481 e. The Morgan fingerprint density at radius 1 is 1.29 bits per heavy atom. The second kappa shape index (κ2) is 7.60. The van der Waals surface area contributed by atoms with Gasteiger partial charge in [-0.05, 0) is 49.4 Å². The zero-order valence-electron chi connectivity index (χ0n) is 15.3. The van der Waals surface area contributed by atoms with E-state index in [0.717, 1.165) is 41.0 Å². The van der Waals surface area contributed by atoms with Crippen molar-refractivity contribution < 1.29 is 14.7 Å². The molecular weight excluding hydrogens is 396 g/mol. The number of carbonyl (C=O) groups excluding carboxylic acids is 1. The molecule has 1 atom stereocenters. The molecule has 0 bridgehead atoms. The van der Waals surface area contributed by atoms with Crippen LogP contribution < -0.4 is 0 Å². The van der Waals surface area contributed by atoms with Crippen molar-refractivity contribution in [3.8, 4) is 0 Å². The van der Waals surface area contributed by atoms with Crippen molar-refractivity contribution in [2.24, 2.45) is 0 Å². The molecule has 1 aliphatic heterocycles. The van der Waals surface area contributed by atoms with Crippen LogP contribution in [0.25, 0.3) is 11.0 Å². The molecule has 0 saturated carbocycles. The van der Waals surface area contributed by atoms with Crippen LogP contribution in [-0.4, -0.2) is 32.7 Å². The Hall–Kier alpha value is -2.31. The van der Waals surface area contributed by atoms with Crippen molar-refractivity contribution in [3.63, 3.8) is 0 Å². The van der Waals surface area contributed by atoms with Gasteiger partial charge in [-0.25, -0.2) is 4.98 Å². The van der Waals surface area contributed by atoms with Gasteiger partial charge in [0, 0.05) is 45.2 Å². The van der Waals surface area contributed by atoms with E-state index in [1.165, 1.54) is 0 Å². The van der Waals surface area contributed by atoms with Crippen molar-refractivity contribution in [3.05, 3.63) is 58.4 Å². The van der Waals surface area contributed by atoms with Gasteiger partial charge < -0.3 is 9.67 Å². The molecule has 144 valence electrons. The summed E-state index contributed by atoms with van der Waals surface area (Å²) in [7, 11) is 0. The molecule has 7 heteroatoms. The average Bonchev–Trinajstić information content (AvgIpc) is 3.03. The molecule has 0 amide bonds.